The average molecular weight is 232 g/mol. The molecule has 1 amide bonds. The van der Waals surface area contributed by atoms with E-state index in [1.807, 2.05) is 24.3 Å². The van der Waals surface area contributed by atoms with Gasteiger partial charge in [0.1, 0.15) is 0 Å². The summed E-state index contributed by atoms with van der Waals surface area (Å²) >= 11 is 0. The standard InChI is InChI=1S/C14H20N2O/c1-15-14(17)11-6-5-9-13(10-11)16-12-7-3-2-4-8-12/h5-6,9-10,12,16H,2-4,7-8H2,1H3,(H,15,17). The van der Waals surface area contributed by atoms with Crippen molar-refractivity contribution in [3.8, 4) is 0 Å². The topological polar surface area (TPSA) is 41.1 Å². The van der Waals surface area contributed by atoms with Crippen LogP contribution in [0, 0.1) is 0 Å². The first kappa shape index (κ1) is 12.0. The predicted molar refractivity (Wildman–Crippen MR) is 70.3 cm³/mol. The minimum Gasteiger partial charge on any atom is -0.382 e. The van der Waals surface area contributed by atoms with E-state index < -0.39 is 0 Å². The van der Waals surface area contributed by atoms with Crippen molar-refractivity contribution in [1.29, 1.82) is 0 Å². The molecule has 1 aliphatic carbocycles. The lowest BCUT2D eigenvalue weighted by molar-refractivity contribution is 0.0963. The molecule has 0 unspecified atom stereocenters. The molecule has 0 atom stereocenters. The molecule has 92 valence electrons. The Morgan fingerprint density at radius 1 is 1.24 bits per heavy atom. The van der Waals surface area contributed by atoms with Crippen molar-refractivity contribution in [2.24, 2.45) is 0 Å². The van der Waals surface area contributed by atoms with E-state index in [1.165, 1.54) is 32.1 Å². The molecule has 0 bridgehead atoms. The second kappa shape index (κ2) is 5.71. The highest BCUT2D eigenvalue weighted by Crippen LogP contribution is 2.22. The largest absolute Gasteiger partial charge is 0.382 e. The number of anilines is 1. The second-order valence-corrected chi connectivity index (χ2v) is 4.64. The van der Waals surface area contributed by atoms with Crippen LogP contribution in [0.4, 0.5) is 5.69 Å². The van der Waals surface area contributed by atoms with Crippen LogP contribution < -0.4 is 10.6 Å². The van der Waals surface area contributed by atoms with Gasteiger partial charge in [0, 0.05) is 24.3 Å². The van der Waals surface area contributed by atoms with Gasteiger partial charge in [-0.2, -0.15) is 0 Å². The summed E-state index contributed by atoms with van der Waals surface area (Å²) in [4.78, 5) is 11.5. The van der Waals surface area contributed by atoms with Crippen LogP contribution in [0.25, 0.3) is 0 Å². The highest BCUT2D eigenvalue weighted by Gasteiger charge is 2.13. The maximum Gasteiger partial charge on any atom is 0.251 e. The van der Waals surface area contributed by atoms with Crippen molar-refractivity contribution in [2.75, 3.05) is 12.4 Å². The van der Waals surface area contributed by atoms with Crippen molar-refractivity contribution in [3.05, 3.63) is 29.8 Å². The molecule has 3 nitrogen and oxygen atoms in total. The molecular weight excluding hydrogens is 212 g/mol. The Morgan fingerprint density at radius 2 is 2.00 bits per heavy atom. The van der Waals surface area contributed by atoms with Gasteiger partial charge in [0.15, 0.2) is 0 Å². The summed E-state index contributed by atoms with van der Waals surface area (Å²) in [6, 6.07) is 8.29. The van der Waals surface area contributed by atoms with E-state index in [1.54, 1.807) is 7.05 Å². The van der Waals surface area contributed by atoms with E-state index in [-0.39, 0.29) is 5.91 Å². The minimum absolute atomic E-state index is 0.0303. The first-order chi connectivity index (χ1) is 8.29. The summed E-state index contributed by atoms with van der Waals surface area (Å²) in [5, 5.41) is 6.17. The van der Waals surface area contributed by atoms with Gasteiger partial charge in [-0.1, -0.05) is 25.3 Å². The maximum atomic E-state index is 11.5. The Balaban J connectivity index is 2.02. The highest BCUT2D eigenvalue weighted by molar-refractivity contribution is 5.94. The Bertz CT molecular complexity index is 384. The molecule has 1 fully saturated rings. The number of carbonyl (C=O) groups is 1. The number of amides is 1. The van der Waals surface area contributed by atoms with Crippen molar-refractivity contribution in [1.82, 2.24) is 5.32 Å². The third kappa shape index (κ3) is 3.22. The Hall–Kier alpha value is -1.51. The zero-order valence-corrected chi connectivity index (χ0v) is 10.3. The van der Waals surface area contributed by atoms with Crippen LogP contribution in [0.1, 0.15) is 42.5 Å². The lowest BCUT2D eigenvalue weighted by Gasteiger charge is -2.24. The quantitative estimate of drug-likeness (QED) is 0.841. The number of nitrogens with one attached hydrogen (secondary N) is 2. The van der Waals surface area contributed by atoms with E-state index in [4.69, 9.17) is 0 Å². The first-order valence-electron chi connectivity index (χ1n) is 6.38. The predicted octanol–water partition coefficient (Wildman–Crippen LogP) is 2.79. The molecule has 2 rings (SSSR count). The van der Waals surface area contributed by atoms with Gasteiger partial charge >= 0.3 is 0 Å². The number of hydrogen-bond acceptors (Lipinski definition) is 2. The van der Waals surface area contributed by atoms with Crippen LogP contribution in [0.15, 0.2) is 24.3 Å². The van der Waals surface area contributed by atoms with E-state index in [2.05, 4.69) is 10.6 Å². The maximum absolute atomic E-state index is 11.5. The van der Waals surface area contributed by atoms with E-state index in [0.717, 1.165) is 5.69 Å². The highest BCUT2D eigenvalue weighted by atomic mass is 16.1. The summed E-state index contributed by atoms with van der Waals surface area (Å²) in [5.41, 5.74) is 1.77. The molecule has 0 heterocycles. The molecule has 2 N–H and O–H groups in total. The molecular formula is C14H20N2O. The normalized spacial score (nSPS) is 16.5. The van der Waals surface area contributed by atoms with Gasteiger partial charge in [-0.25, -0.2) is 0 Å². The van der Waals surface area contributed by atoms with Gasteiger partial charge in [0.05, 0.1) is 0 Å². The smallest absolute Gasteiger partial charge is 0.251 e. The van der Waals surface area contributed by atoms with Crippen molar-refractivity contribution >= 4 is 11.6 Å². The van der Waals surface area contributed by atoms with Crippen LogP contribution in [0.5, 0.6) is 0 Å². The van der Waals surface area contributed by atoms with Gasteiger partial charge in [0.25, 0.3) is 5.91 Å². The van der Waals surface area contributed by atoms with Gasteiger partial charge in [-0.05, 0) is 31.0 Å². The molecule has 3 heteroatoms. The third-order valence-electron chi connectivity index (χ3n) is 3.33. The molecule has 1 aromatic rings. The van der Waals surface area contributed by atoms with Crippen LogP contribution >= 0.6 is 0 Å². The van der Waals surface area contributed by atoms with Crippen molar-refractivity contribution < 1.29 is 4.79 Å². The molecule has 0 aromatic heterocycles. The third-order valence-corrected chi connectivity index (χ3v) is 3.33. The molecule has 1 aromatic carbocycles. The number of rotatable bonds is 3. The van der Waals surface area contributed by atoms with Crippen molar-refractivity contribution in [3.63, 3.8) is 0 Å². The zero-order valence-electron chi connectivity index (χ0n) is 10.3. The average Bonchev–Trinajstić information content (AvgIpc) is 2.39. The fraction of sp³-hybridized carbons (Fsp3) is 0.500. The lowest BCUT2D eigenvalue weighted by Crippen LogP contribution is -2.23. The minimum atomic E-state index is -0.0303. The molecule has 0 aliphatic heterocycles. The second-order valence-electron chi connectivity index (χ2n) is 4.64. The van der Waals surface area contributed by atoms with E-state index >= 15 is 0 Å². The van der Waals surface area contributed by atoms with Crippen molar-refractivity contribution in [2.45, 2.75) is 38.1 Å². The Morgan fingerprint density at radius 3 is 2.71 bits per heavy atom. The van der Waals surface area contributed by atoms with Gasteiger partial charge in [-0.3, -0.25) is 4.79 Å². The summed E-state index contributed by atoms with van der Waals surface area (Å²) in [7, 11) is 1.66. The molecule has 17 heavy (non-hydrogen) atoms. The van der Waals surface area contributed by atoms with E-state index in [9.17, 15) is 4.79 Å². The Labute approximate surface area is 103 Å². The fourth-order valence-corrected chi connectivity index (χ4v) is 2.38. The summed E-state index contributed by atoms with van der Waals surface area (Å²) < 4.78 is 0. The van der Waals surface area contributed by atoms with Gasteiger partial charge in [0.2, 0.25) is 0 Å². The SMILES string of the molecule is CNC(=O)c1cccc(NC2CCCCC2)c1. The van der Waals surface area contributed by atoms with Gasteiger partial charge in [-0.15, -0.1) is 0 Å². The van der Waals surface area contributed by atoms with Crippen LogP contribution in [-0.4, -0.2) is 19.0 Å². The molecule has 1 aliphatic rings. The summed E-state index contributed by atoms with van der Waals surface area (Å²) in [6.07, 6.45) is 6.46. The van der Waals surface area contributed by atoms with Gasteiger partial charge < -0.3 is 10.6 Å². The molecule has 1 saturated carbocycles. The summed E-state index contributed by atoms with van der Waals surface area (Å²) in [5.74, 6) is -0.0303. The molecule has 0 spiro atoms. The Kier molecular flexibility index (Phi) is 4.02. The fourth-order valence-electron chi connectivity index (χ4n) is 2.38. The van der Waals surface area contributed by atoms with Crippen LogP contribution in [0.3, 0.4) is 0 Å². The number of benzene rings is 1. The first-order valence-corrected chi connectivity index (χ1v) is 6.38. The van der Waals surface area contributed by atoms with E-state index in [0.29, 0.717) is 11.6 Å². The molecule has 0 saturated heterocycles. The monoisotopic (exact) mass is 232 g/mol. The molecule has 0 radical (unpaired) electrons. The number of carbonyl (C=O) groups excluding carboxylic acids is 1. The van der Waals surface area contributed by atoms with Crippen LogP contribution in [0.2, 0.25) is 0 Å². The number of hydrogen-bond donors (Lipinski definition) is 2. The summed E-state index contributed by atoms with van der Waals surface area (Å²) in [6.45, 7) is 0. The zero-order chi connectivity index (χ0) is 12.1. The van der Waals surface area contributed by atoms with Crippen LogP contribution in [-0.2, 0) is 0 Å². The lowest BCUT2D eigenvalue weighted by atomic mass is 9.95.